The number of rotatable bonds is 7. The molecule has 2 aromatic heterocycles. The fourth-order valence-corrected chi connectivity index (χ4v) is 5.07. The molecule has 1 aliphatic carbocycles. The van der Waals surface area contributed by atoms with E-state index in [9.17, 15) is 23.1 Å². The minimum atomic E-state index is -4.44. The molecule has 3 heterocycles. The maximum absolute atomic E-state index is 15.1. The number of hydrogen-bond acceptors (Lipinski definition) is 8. The zero-order valence-corrected chi connectivity index (χ0v) is 21.5. The number of fused-ring (bicyclic) bond motifs is 1. The number of nitrogens with one attached hydrogen (secondary N) is 1. The molecule has 2 aromatic carbocycles. The average Bonchev–Trinajstić information content (AvgIpc) is 3.68. The third-order valence-electron chi connectivity index (χ3n) is 7.03. The Balaban J connectivity index is 1.31. The molecule has 1 saturated carbocycles. The van der Waals surface area contributed by atoms with E-state index in [1.54, 1.807) is 18.2 Å². The summed E-state index contributed by atoms with van der Waals surface area (Å²) in [7, 11) is 0. The van der Waals surface area contributed by atoms with E-state index in [-0.39, 0.29) is 35.5 Å². The molecule has 4 aromatic rings. The standard InChI is InChI=1S/C27H24F4N8O2/c28-20-9-16(14-4-5-14)8-15-6-7-39(24(41)22(15)20)21-3-1-2-18(19(21)12-40)23-35-25(32)37-26(36-23)34-17-10-33-38(11-17)13-27(29,30)31/h1-3,8-11,14,40H,4-7,12-13H2,(H3,32,34,35,36,37). The summed E-state index contributed by atoms with van der Waals surface area (Å²) in [5.41, 5.74) is 8.74. The third kappa shape index (κ3) is 5.42. The minimum Gasteiger partial charge on any atom is -0.392 e. The van der Waals surface area contributed by atoms with Crippen molar-refractivity contribution >= 4 is 29.2 Å². The molecule has 0 radical (unpaired) electrons. The summed E-state index contributed by atoms with van der Waals surface area (Å²) < 4.78 is 53.9. The fraction of sp³-hybridized carbons (Fsp3) is 0.296. The topological polar surface area (TPSA) is 135 Å². The number of carbonyl (C=O) groups is 1. The fourth-order valence-electron chi connectivity index (χ4n) is 5.07. The van der Waals surface area contributed by atoms with Gasteiger partial charge in [0.25, 0.3) is 5.91 Å². The lowest BCUT2D eigenvalue weighted by atomic mass is 9.93. The Bertz CT molecular complexity index is 1650. The first-order valence-electron chi connectivity index (χ1n) is 12.8. The van der Waals surface area contributed by atoms with Gasteiger partial charge in [-0.05, 0) is 48.4 Å². The van der Waals surface area contributed by atoms with Crippen LogP contribution in [-0.2, 0) is 19.6 Å². The van der Waals surface area contributed by atoms with E-state index >= 15 is 4.39 Å². The highest BCUT2D eigenvalue weighted by Gasteiger charge is 2.33. The highest BCUT2D eigenvalue weighted by Crippen LogP contribution is 2.42. The van der Waals surface area contributed by atoms with Gasteiger partial charge in [-0.1, -0.05) is 18.2 Å². The van der Waals surface area contributed by atoms with E-state index in [1.807, 2.05) is 6.07 Å². The minimum absolute atomic E-state index is 0.0249. The van der Waals surface area contributed by atoms with E-state index in [0.29, 0.717) is 39.4 Å². The Kier molecular flexibility index (Phi) is 6.56. The Morgan fingerprint density at radius 1 is 1.15 bits per heavy atom. The highest BCUT2D eigenvalue weighted by molar-refractivity contribution is 6.09. The van der Waals surface area contributed by atoms with Crippen LogP contribution in [0, 0.1) is 5.82 Å². The molecule has 0 bridgehead atoms. The second-order valence-corrected chi connectivity index (χ2v) is 9.99. The normalized spacial score (nSPS) is 15.2. The van der Waals surface area contributed by atoms with Crippen molar-refractivity contribution in [2.24, 2.45) is 0 Å². The SMILES string of the molecule is Nc1nc(Nc2cnn(CC(F)(F)F)c2)nc(-c2cccc(N3CCc4cc(C5CC5)cc(F)c4C3=O)c2CO)n1. The first-order chi connectivity index (χ1) is 19.6. The van der Waals surface area contributed by atoms with E-state index in [0.717, 1.165) is 24.6 Å². The summed E-state index contributed by atoms with van der Waals surface area (Å²) in [5.74, 6) is -0.912. The smallest absolute Gasteiger partial charge is 0.392 e. The van der Waals surface area contributed by atoms with Crippen LogP contribution in [-0.4, -0.2) is 48.5 Å². The number of nitrogens with two attached hydrogens (primary N) is 1. The van der Waals surface area contributed by atoms with Crippen molar-refractivity contribution in [1.29, 1.82) is 0 Å². The van der Waals surface area contributed by atoms with Crippen LogP contribution < -0.4 is 16.0 Å². The molecule has 2 aliphatic rings. The van der Waals surface area contributed by atoms with E-state index in [2.05, 4.69) is 25.4 Å². The van der Waals surface area contributed by atoms with Crippen LogP contribution in [0.15, 0.2) is 42.7 Å². The number of nitrogen functional groups attached to an aromatic ring is 1. The van der Waals surface area contributed by atoms with Gasteiger partial charge in [0.05, 0.1) is 29.7 Å². The lowest BCUT2D eigenvalue weighted by Crippen LogP contribution is -2.39. The number of nitrogens with zero attached hydrogens (tertiary/aromatic N) is 6. The number of benzene rings is 2. The van der Waals surface area contributed by atoms with Gasteiger partial charge in [0.2, 0.25) is 11.9 Å². The van der Waals surface area contributed by atoms with Crippen LogP contribution in [0.1, 0.15) is 45.8 Å². The Morgan fingerprint density at radius 3 is 2.68 bits per heavy atom. The van der Waals surface area contributed by atoms with Crippen LogP contribution >= 0.6 is 0 Å². The molecule has 6 rings (SSSR count). The molecule has 41 heavy (non-hydrogen) atoms. The molecule has 212 valence electrons. The van der Waals surface area contributed by atoms with Gasteiger partial charge in [-0.25, -0.2) is 4.39 Å². The summed E-state index contributed by atoms with van der Waals surface area (Å²) in [6, 6.07) is 8.28. The van der Waals surface area contributed by atoms with Crippen LogP contribution in [0.5, 0.6) is 0 Å². The van der Waals surface area contributed by atoms with Crippen LogP contribution in [0.25, 0.3) is 11.4 Å². The Hall–Kier alpha value is -4.59. The number of anilines is 4. The molecule has 1 fully saturated rings. The van der Waals surface area contributed by atoms with Gasteiger partial charge in [-0.3, -0.25) is 9.48 Å². The predicted molar refractivity (Wildman–Crippen MR) is 141 cm³/mol. The van der Waals surface area contributed by atoms with Crippen LogP contribution in [0.4, 0.5) is 40.8 Å². The molecular formula is C27H24F4N8O2. The molecule has 0 atom stereocenters. The summed E-state index contributed by atoms with van der Waals surface area (Å²) in [6.45, 7) is -1.48. The quantitative estimate of drug-likeness (QED) is 0.281. The van der Waals surface area contributed by atoms with Crippen molar-refractivity contribution in [3.63, 3.8) is 0 Å². The molecule has 0 unspecified atom stereocenters. The largest absolute Gasteiger partial charge is 0.408 e. The van der Waals surface area contributed by atoms with Crippen molar-refractivity contribution < 1.29 is 27.5 Å². The van der Waals surface area contributed by atoms with Gasteiger partial charge < -0.3 is 21.1 Å². The second-order valence-electron chi connectivity index (χ2n) is 9.99. The van der Waals surface area contributed by atoms with E-state index < -0.39 is 31.1 Å². The van der Waals surface area contributed by atoms with Gasteiger partial charge >= 0.3 is 6.18 Å². The third-order valence-corrected chi connectivity index (χ3v) is 7.03. The van der Waals surface area contributed by atoms with Crippen molar-refractivity contribution in [1.82, 2.24) is 24.7 Å². The van der Waals surface area contributed by atoms with Crippen LogP contribution in [0.2, 0.25) is 0 Å². The number of amides is 1. The number of carbonyl (C=O) groups excluding carboxylic acids is 1. The summed E-state index contributed by atoms with van der Waals surface area (Å²) in [5, 5.41) is 16.8. The van der Waals surface area contributed by atoms with Crippen molar-refractivity contribution in [2.75, 3.05) is 22.5 Å². The van der Waals surface area contributed by atoms with Crippen molar-refractivity contribution in [2.45, 2.75) is 44.5 Å². The maximum Gasteiger partial charge on any atom is 0.408 e. The highest BCUT2D eigenvalue weighted by atomic mass is 19.4. The average molecular weight is 569 g/mol. The zero-order valence-electron chi connectivity index (χ0n) is 21.5. The summed E-state index contributed by atoms with van der Waals surface area (Å²) in [6.07, 6.45) is 0.361. The van der Waals surface area contributed by atoms with Gasteiger partial charge in [0.1, 0.15) is 12.4 Å². The molecule has 0 saturated heterocycles. The molecule has 14 heteroatoms. The van der Waals surface area contributed by atoms with Crippen LogP contribution in [0.3, 0.4) is 0 Å². The first kappa shape index (κ1) is 26.6. The number of aliphatic hydroxyl groups is 1. The Morgan fingerprint density at radius 2 is 1.95 bits per heavy atom. The molecular weight excluding hydrogens is 544 g/mol. The summed E-state index contributed by atoms with van der Waals surface area (Å²) in [4.78, 5) is 27.4. The van der Waals surface area contributed by atoms with Gasteiger partial charge in [-0.2, -0.15) is 33.2 Å². The number of hydrogen-bond donors (Lipinski definition) is 3. The molecule has 0 spiro atoms. The number of alkyl halides is 3. The van der Waals surface area contributed by atoms with E-state index in [1.165, 1.54) is 17.2 Å². The first-order valence-corrected chi connectivity index (χ1v) is 12.8. The second kappa shape index (κ2) is 10.1. The zero-order chi connectivity index (χ0) is 28.9. The lowest BCUT2D eigenvalue weighted by molar-refractivity contribution is -0.142. The van der Waals surface area contributed by atoms with E-state index in [4.69, 9.17) is 5.73 Å². The molecule has 10 nitrogen and oxygen atoms in total. The number of aliphatic hydroxyl groups excluding tert-OH is 1. The number of halogens is 4. The van der Waals surface area contributed by atoms with Gasteiger partial charge in [0.15, 0.2) is 5.82 Å². The predicted octanol–water partition coefficient (Wildman–Crippen LogP) is 4.33. The van der Waals surface area contributed by atoms with Crippen molar-refractivity contribution in [3.05, 3.63) is 70.8 Å². The summed E-state index contributed by atoms with van der Waals surface area (Å²) >= 11 is 0. The van der Waals surface area contributed by atoms with Crippen molar-refractivity contribution in [3.8, 4) is 11.4 Å². The molecule has 1 amide bonds. The monoisotopic (exact) mass is 568 g/mol. The Labute approximate surface area is 230 Å². The molecule has 1 aliphatic heterocycles. The number of aromatic nitrogens is 5. The molecule has 4 N–H and O–H groups in total. The van der Waals surface area contributed by atoms with Gasteiger partial charge in [-0.15, -0.1) is 0 Å². The van der Waals surface area contributed by atoms with Gasteiger partial charge in [0, 0.05) is 23.9 Å². The maximum atomic E-state index is 15.1. The lowest BCUT2D eigenvalue weighted by Gasteiger charge is -2.31.